The summed E-state index contributed by atoms with van der Waals surface area (Å²) in [7, 11) is 0. The van der Waals surface area contributed by atoms with Crippen LogP contribution in [0.25, 0.3) is 11.1 Å². The van der Waals surface area contributed by atoms with Gasteiger partial charge < -0.3 is 9.47 Å². The Morgan fingerprint density at radius 2 is 1.30 bits per heavy atom. The molecule has 0 saturated heterocycles. The Balaban J connectivity index is 1.41. The summed E-state index contributed by atoms with van der Waals surface area (Å²) in [5, 5.41) is 0. The van der Waals surface area contributed by atoms with E-state index in [0.29, 0.717) is 30.6 Å². The Morgan fingerprint density at radius 1 is 0.788 bits per heavy atom. The molecule has 3 aromatic rings. The van der Waals surface area contributed by atoms with Gasteiger partial charge in [-0.25, -0.2) is 9.59 Å². The lowest BCUT2D eigenvalue weighted by molar-refractivity contribution is -0.139. The second kappa shape index (κ2) is 9.45. The van der Waals surface area contributed by atoms with Crippen molar-refractivity contribution in [2.45, 2.75) is 32.1 Å². The number of carbonyl (C=O) groups is 2. The summed E-state index contributed by atoms with van der Waals surface area (Å²) in [6, 6.07) is 24.7. The van der Waals surface area contributed by atoms with Crippen LogP contribution >= 0.6 is 0 Å². The van der Waals surface area contributed by atoms with E-state index in [9.17, 15) is 9.59 Å². The second-order valence-corrected chi connectivity index (χ2v) is 8.55. The summed E-state index contributed by atoms with van der Waals surface area (Å²) in [5.41, 5.74) is 6.81. The molecule has 4 heteroatoms. The molecule has 0 unspecified atom stereocenters. The maximum atomic E-state index is 12.5. The maximum Gasteiger partial charge on any atom is 0.338 e. The third-order valence-electron chi connectivity index (χ3n) is 6.27. The summed E-state index contributed by atoms with van der Waals surface area (Å²) in [5.74, 6) is -0.744. The van der Waals surface area contributed by atoms with Crippen molar-refractivity contribution >= 4 is 11.9 Å². The SMILES string of the molecule is C=C(C)C(=O)OCCCCOC(=O)c1ccc(C2(C)c3ccccc3-c3ccccc32)cc1. The minimum Gasteiger partial charge on any atom is -0.462 e. The molecule has 0 radical (unpaired) electrons. The zero-order chi connectivity index (χ0) is 23.4. The lowest BCUT2D eigenvalue weighted by Crippen LogP contribution is -2.22. The fraction of sp³-hybridized carbons (Fsp3) is 0.241. The average Bonchev–Trinajstić information content (AvgIpc) is 3.11. The number of esters is 2. The molecule has 0 aliphatic heterocycles. The standard InChI is InChI=1S/C29H28O4/c1-20(2)27(30)32-18-8-9-19-33-28(31)21-14-16-22(17-15-21)29(3)25-12-6-4-10-23(25)24-11-5-7-13-26(24)29/h4-7,10-17H,1,8-9,18-19H2,2-3H3. The fourth-order valence-electron chi connectivity index (χ4n) is 4.44. The highest BCUT2D eigenvalue weighted by molar-refractivity contribution is 5.90. The van der Waals surface area contributed by atoms with Crippen LogP contribution in [0.15, 0.2) is 84.9 Å². The number of benzene rings is 3. The summed E-state index contributed by atoms with van der Waals surface area (Å²) >= 11 is 0. The highest BCUT2D eigenvalue weighted by Crippen LogP contribution is 2.51. The van der Waals surface area contributed by atoms with Gasteiger partial charge in [-0.2, -0.15) is 0 Å². The first-order valence-electron chi connectivity index (χ1n) is 11.2. The smallest absolute Gasteiger partial charge is 0.338 e. The Morgan fingerprint density at radius 3 is 1.85 bits per heavy atom. The number of hydrogen-bond acceptors (Lipinski definition) is 4. The molecule has 0 fully saturated rings. The molecule has 168 valence electrons. The largest absolute Gasteiger partial charge is 0.462 e. The van der Waals surface area contributed by atoms with Crippen LogP contribution in [0.2, 0.25) is 0 Å². The van der Waals surface area contributed by atoms with E-state index in [1.807, 2.05) is 24.3 Å². The topological polar surface area (TPSA) is 52.6 Å². The molecule has 1 aliphatic carbocycles. The van der Waals surface area contributed by atoms with E-state index in [1.165, 1.54) is 22.3 Å². The minimum atomic E-state index is -0.395. The van der Waals surface area contributed by atoms with Crippen LogP contribution in [-0.2, 0) is 19.7 Å². The highest BCUT2D eigenvalue weighted by Gasteiger charge is 2.40. The molecule has 0 aromatic heterocycles. The van der Waals surface area contributed by atoms with Gasteiger partial charge in [0, 0.05) is 11.0 Å². The van der Waals surface area contributed by atoms with Crippen molar-refractivity contribution in [2.24, 2.45) is 0 Å². The van der Waals surface area contributed by atoms with Gasteiger partial charge in [0.2, 0.25) is 0 Å². The first-order valence-corrected chi connectivity index (χ1v) is 11.2. The van der Waals surface area contributed by atoms with E-state index in [1.54, 1.807) is 6.92 Å². The van der Waals surface area contributed by atoms with Crippen LogP contribution in [0, 0.1) is 0 Å². The molecule has 0 bridgehead atoms. The van der Waals surface area contributed by atoms with Gasteiger partial charge in [0.15, 0.2) is 0 Å². The van der Waals surface area contributed by atoms with E-state index in [-0.39, 0.29) is 18.0 Å². The molecule has 3 aromatic carbocycles. The first kappa shape index (κ1) is 22.5. The van der Waals surface area contributed by atoms with Gasteiger partial charge in [-0.3, -0.25) is 0 Å². The zero-order valence-corrected chi connectivity index (χ0v) is 19.1. The lowest BCUT2D eigenvalue weighted by Gasteiger charge is -2.28. The number of ether oxygens (including phenoxy) is 2. The Labute approximate surface area is 194 Å². The molecule has 0 N–H and O–H groups in total. The van der Waals surface area contributed by atoms with Crippen LogP contribution in [-0.4, -0.2) is 25.2 Å². The summed E-state index contributed by atoms with van der Waals surface area (Å²) < 4.78 is 10.4. The minimum absolute atomic E-state index is 0.281. The number of hydrogen-bond donors (Lipinski definition) is 0. The van der Waals surface area contributed by atoms with Gasteiger partial charge in [0.05, 0.1) is 18.8 Å². The molecule has 1 aliphatic rings. The van der Waals surface area contributed by atoms with Crippen molar-refractivity contribution < 1.29 is 19.1 Å². The molecule has 4 rings (SSSR count). The van der Waals surface area contributed by atoms with Gasteiger partial charge in [0.1, 0.15) is 0 Å². The van der Waals surface area contributed by atoms with Crippen LogP contribution in [0.1, 0.15) is 53.7 Å². The Hall–Kier alpha value is -3.66. The van der Waals surface area contributed by atoms with E-state index in [0.717, 1.165) is 5.56 Å². The van der Waals surface area contributed by atoms with Crippen LogP contribution in [0.3, 0.4) is 0 Å². The quantitative estimate of drug-likeness (QED) is 0.242. The normalized spacial score (nSPS) is 13.0. The van der Waals surface area contributed by atoms with E-state index < -0.39 is 5.97 Å². The first-order chi connectivity index (χ1) is 15.9. The van der Waals surface area contributed by atoms with Gasteiger partial charge in [-0.05, 0) is 66.6 Å². The third-order valence-corrected chi connectivity index (χ3v) is 6.27. The van der Waals surface area contributed by atoms with Crippen LogP contribution in [0.5, 0.6) is 0 Å². The van der Waals surface area contributed by atoms with Gasteiger partial charge in [-0.1, -0.05) is 67.2 Å². The Bertz CT molecular complexity index is 1140. The second-order valence-electron chi connectivity index (χ2n) is 8.55. The van der Waals surface area contributed by atoms with Crippen molar-refractivity contribution in [1.29, 1.82) is 0 Å². The molecular weight excluding hydrogens is 412 g/mol. The van der Waals surface area contributed by atoms with Crippen molar-refractivity contribution in [2.75, 3.05) is 13.2 Å². The molecular formula is C29H28O4. The fourth-order valence-corrected chi connectivity index (χ4v) is 4.44. The van der Waals surface area contributed by atoms with Crippen molar-refractivity contribution in [3.63, 3.8) is 0 Å². The third kappa shape index (κ3) is 4.34. The van der Waals surface area contributed by atoms with E-state index in [2.05, 4.69) is 62.0 Å². The summed E-state index contributed by atoms with van der Waals surface area (Å²) in [4.78, 5) is 23.8. The molecule has 0 heterocycles. The van der Waals surface area contributed by atoms with Crippen molar-refractivity contribution in [1.82, 2.24) is 0 Å². The van der Waals surface area contributed by atoms with E-state index >= 15 is 0 Å². The summed E-state index contributed by atoms with van der Waals surface area (Å²) in [6.07, 6.45) is 1.25. The Kier molecular flexibility index (Phi) is 6.45. The highest BCUT2D eigenvalue weighted by atomic mass is 16.5. The summed E-state index contributed by atoms with van der Waals surface area (Å²) in [6.45, 7) is 7.97. The van der Waals surface area contributed by atoms with Gasteiger partial charge in [-0.15, -0.1) is 0 Å². The molecule has 0 spiro atoms. The van der Waals surface area contributed by atoms with Crippen LogP contribution in [0.4, 0.5) is 0 Å². The van der Waals surface area contributed by atoms with Crippen molar-refractivity contribution in [3.8, 4) is 11.1 Å². The monoisotopic (exact) mass is 440 g/mol. The maximum absolute atomic E-state index is 12.5. The van der Waals surface area contributed by atoms with Crippen LogP contribution < -0.4 is 0 Å². The zero-order valence-electron chi connectivity index (χ0n) is 19.1. The number of unbranched alkanes of at least 4 members (excludes halogenated alkanes) is 1. The predicted octanol–water partition coefficient (Wildman–Crippen LogP) is 6.08. The average molecular weight is 441 g/mol. The molecule has 0 saturated carbocycles. The number of carbonyl (C=O) groups excluding carboxylic acids is 2. The number of rotatable bonds is 8. The lowest BCUT2D eigenvalue weighted by atomic mass is 9.74. The van der Waals surface area contributed by atoms with E-state index in [4.69, 9.17) is 9.47 Å². The predicted molar refractivity (Wildman–Crippen MR) is 129 cm³/mol. The molecule has 4 nitrogen and oxygen atoms in total. The molecule has 33 heavy (non-hydrogen) atoms. The molecule has 0 atom stereocenters. The van der Waals surface area contributed by atoms with Gasteiger partial charge in [0.25, 0.3) is 0 Å². The molecule has 0 amide bonds. The number of fused-ring (bicyclic) bond motifs is 3. The van der Waals surface area contributed by atoms with Gasteiger partial charge >= 0.3 is 11.9 Å². The van der Waals surface area contributed by atoms with Crippen molar-refractivity contribution in [3.05, 3.63) is 107 Å².